The summed E-state index contributed by atoms with van der Waals surface area (Å²) < 4.78 is 26.1. The van der Waals surface area contributed by atoms with Crippen molar-refractivity contribution >= 4 is 29.0 Å². The maximum Gasteiger partial charge on any atom is 0.254 e. The summed E-state index contributed by atoms with van der Waals surface area (Å²) in [5.74, 6) is -4.31. The van der Waals surface area contributed by atoms with E-state index in [1.807, 2.05) is 24.3 Å². The molecule has 3 aliphatic carbocycles. The predicted octanol–water partition coefficient (Wildman–Crippen LogP) is 2.85. The summed E-state index contributed by atoms with van der Waals surface area (Å²) in [6.07, 6.45) is 6.15. The smallest absolute Gasteiger partial charge is 0.254 e. The van der Waals surface area contributed by atoms with Crippen LogP contribution in [-0.2, 0) is 9.59 Å². The zero-order chi connectivity index (χ0) is 24.8. The molecule has 1 aromatic rings. The van der Waals surface area contributed by atoms with E-state index >= 15 is 0 Å². The minimum atomic E-state index is -2.75. The molecule has 1 heterocycles. The third kappa shape index (κ3) is 4.96. The molecule has 35 heavy (non-hydrogen) atoms. The summed E-state index contributed by atoms with van der Waals surface area (Å²) in [4.78, 5) is 44.7. The average Bonchev–Trinajstić information content (AvgIpc) is 3.60. The average molecular weight is 484 g/mol. The lowest BCUT2D eigenvalue weighted by atomic mass is 9.81. The van der Waals surface area contributed by atoms with Crippen molar-refractivity contribution < 1.29 is 28.3 Å². The maximum absolute atomic E-state index is 13.0. The summed E-state index contributed by atoms with van der Waals surface area (Å²) in [6, 6.07) is 7.12. The van der Waals surface area contributed by atoms with Crippen molar-refractivity contribution in [3.8, 4) is 0 Å². The Hall–Kier alpha value is -3.20. The highest BCUT2D eigenvalue weighted by molar-refractivity contribution is 6.10. The van der Waals surface area contributed by atoms with E-state index in [1.54, 1.807) is 28.0 Å². The number of nitrogens with zero attached hydrogens (tertiary/aromatic N) is 3. The fraction of sp³-hybridized carbons (Fsp3) is 0.462. The molecule has 0 bridgehead atoms. The number of rotatable bonds is 4. The highest BCUT2D eigenvalue weighted by atomic mass is 19.3. The second-order valence-electron chi connectivity index (χ2n) is 9.80. The summed E-state index contributed by atoms with van der Waals surface area (Å²) in [6.45, 7) is 1.64. The SMILES string of the molecule is O=C(N=C1C=C(c2ccc(C(=O)N3CCN(C(=O)C4(O)CC4)CC3)cc2)C=CC1)C1CC(F)(F)C1. The second-order valence-corrected chi connectivity index (χ2v) is 9.80. The predicted molar refractivity (Wildman–Crippen MR) is 125 cm³/mol. The Morgan fingerprint density at radius 2 is 1.60 bits per heavy atom. The van der Waals surface area contributed by atoms with E-state index in [4.69, 9.17) is 0 Å². The van der Waals surface area contributed by atoms with Crippen molar-refractivity contribution in [2.75, 3.05) is 26.2 Å². The number of benzene rings is 1. The van der Waals surface area contributed by atoms with Gasteiger partial charge in [-0.3, -0.25) is 14.4 Å². The lowest BCUT2D eigenvalue weighted by Gasteiger charge is -2.35. The topological polar surface area (TPSA) is 90.3 Å². The summed E-state index contributed by atoms with van der Waals surface area (Å²) in [5.41, 5.74) is 1.55. The molecule has 184 valence electrons. The number of aliphatic hydroxyl groups is 1. The molecule has 0 atom stereocenters. The van der Waals surface area contributed by atoms with Gasteiger partial charge in [-0.05, 0) is 42.2 Å². The van der Waals surface area contributed by atoms with Crippen LogP contribution in [0.15, 0.2) is 47.5 Å². The Balaban J connectivity index is 1.19. The van der Waals surface area contributed by atoms with E-state index in [9.17, 15) is 28.3 Å². The molecule has 4 aliphatic rings. The highest BCUT2D eigenvalue weighted by Gasteiger charge is 2.50. The Morgan fingerprint density at radius 3 is 2.20 bits per heavy atom. The summed E-state index contributed by atoms with van der Waals surface area (Å²) >= 11 is 0. The minimum Gasteiger partial charge on any atom is -0.380 e. The molecular weight excluding hydrogens is 456 g/mol. The van der Waals surface area contributed by atoms with Crippen LogP contribution in [0.1, 0.15) is 48.0 Å². The van der Waals surface area contributed by atoms with Crippen LogP contribution in [0, 0.1) is 5.92 Å². The maximum atomic E-state index is 13.0. The van der Waals surface area contributed by atoms with Crippen LogP contribution in [0.3, 0.4) is 0 Å². The van der Waals surface area contributed by atoms with E-state index in [2.05, 4.69) is 4.99 Å². The Kier molecular flexibility index (Phi) is 5.91. The fourth-order valence-electron chi connectivity index (χ4n) is 4.65. The van der Waals surface area contributed by atoms with E-state index < -0.39 is 36.2 Å². The van der Waals surface area contributed by atoms with Gasteiger partial charge in [-0.15, -0.1) is 0 Å². The first kappa shape index (κ1) is 23.5. The molecule has 3 amide bonds. The molecule has 0 unspecified atom stereocenters. The van der Waals surface area contributed by atoms with E-state index in [0.717, 1.165) is 11.1 Å². The highest BCUT2D eigenvalue weighted by Crippen LogP contribution is 2.43. The Labute approximate surface area is 201 Å². The molecule has 0 spiro atoms. The number of carbonyl (C=O) groups is 3. The van der Waals surface area contributed by atoms with Gasteiger partial charge in [0.25, 0.3) is 11.8 Å². The molecule has 1 N–H and O–H groups in total. The van der Waals surface area contributed by atoms with Gasteiger partial charge in [0.05, 0.1) is 5.92 Å². The van der Waals surface area contributed by atoms with Crippen LogP contribution < -0.4 is 0 Å². The van der Waals surface area contributed by atoms with E-state index in [-0.39, 0.29) is 11.8 Å². The molecule has 7 nitrogen and oxygen atoms in total. The molecule has 0 aromatic heterocycles. The van der Waals surface area contributed by atoms with Gasteiger partial charge >= 0.3 is 0 Å². The first-order valence-corrected chi connectivity index (χ1v) is 11.9. The van der Waals surface area contributed by atoms with Crippen LogP contribution in [0.4, 0.5) is 8.78 Å². The first-order chi connectivity index (χ1) is 16.6. The monoisotopic (exact) mass is 483 g/mol. The number of alkyl halides is 2. The number of carbonyl (C=O) groups excluding carboxylic acids is 3. The second kappa shape index (κ2) is 8.78. The van der Waals surface area contributed by atoms with Crippen LogP contribution in [0.2, 0.25) is 0 Å². The van der Waals surface area contributed by atoms with Gasteiger partial charge in [-0.1, -0.05) is 24.3 Å². The van der Waals surface area contributed by atoms with Crippen molar-refractivity contribution in [3.05, 3.63) is 53.6 Å². The van der Waals surface area contributed by atoms with Crippen molar-refractivity contribution in [2.45, 2.75) is 43.6 Å². The van der Waals surface area contributed by atoms with Gasteiger partial charge in [0.2, 0.25) is 11.8 Å². The number of halogens is 2. The van der Waals surface area contributed by atoms with Gasteiger partial charge in [-0.25, -0.2) is 13.8 Å². The van der Waals surface area contributed by atoms with Crippen LogP contribution >= 0.6 is 0 Å². The Morgan fingerprint density at radius 1 is 0.971 bits per heavy atom. The molecule has 1 aliphatic heterocycles. The molecular formula is C26H27F2N3O4. The zero-order valence-corrected chi connectivity index (χ0v) is 19.3. The molecule has 1 saturated heterocycles. The van der Waals surface area contributed by atoms with E-state index in [0.29, 0.717) is 56.7 Å². The number of hydrogen-bond acceptors (Lipinski definition) is 4. The first-order valence-electron chi connectivity index (χ1n) is 11.9. The zero-order valence-electron chi connectivity index (χ0n) is 19.3. The number of hydrogen-bond donors (Lipinski definition) is 1. The van der Waals surface area contributed by atoms with Crippen molar-refractivity contribution in [2.24, 2.45) is 10.9 Å². The minimum absolute atomic E-state index is 0.118. The van der Waals surface area contributed by atoms with E-state index in [1.165, 1.54) is 0 Å². The van der Waals surface area contributed by atoms with Gasteiger partial charge in [0.15, 0.2) is 0 Å². The summed E-state index contributed by atoms with van der Waals surface area (Å²) in [5, 5.41) is 10.0. The number of piperazine rings is 1. The molecule has 0 radical (unpaired) electrons. The standard InChI is InChI=1S/C26H27F2N3O4/c27-26(28)15-20(16-26)22(32)29-21-3-1-2-19(14-21)17-4-6-18(7-5-17)23(33)30-10-12-31(13-11-30)24(34)25(35)8-9-25/h1-2,4-7,14,20,35H,3,8-13,15-16H2. The Bertz CT molecular complexity index is 1140. The number of allylic oxidation sites excluding steroid dienone is 4. The van der Waals surface area contributed by atoms with Crippen molar-refractivity contribution in [3.63, 3.8) is 0 Å². The fourth-order valence-corrected chi connectivity index (χ4v) is 4.65. The summed E-state index contributed by atoms with van der Waals surface area (Å²) in [7, 11) is 0. The lowest BCUT2D eigenvalue weighted by Crippen LogP contribution is -2.53. The third-order valence-electron chi connectivity index (χ3n) is 7.08. The normalized spacial score (nSPS) is 24.1. The number of amides is 3. The number of aliphatic imine (C=N–C) groups is 1. The molecule has 9 heteroatoms. The van der Waals surface area contributed by atoms with Crippen LogP contribution in [0.25, 0.3) is 5.57 Å². The lowest BCUT2D eigenvalue weighted by molar-refractivity contribution is -0.146. The van der Waals surface area contributed by atoms with Crippen LogP contribution in [0.5, 0.6) is 0 Å². The van der Waals surface area contributed by atoms with Crippen LogP contribution in [-0.4, -0.2) is 76.0 Å². The largest absolute Gasteiger partial charge is 0.380 e. The van der Waals surface area contributed by atoms with Gasteiger partial charge in [0.1, 0.15) is 5.60 Å². The molecule has 2 saturated carbocycles. The molecule has 1 aromatic carbocycles. The van der Waals surface area contributed by atoms with Gasteiger partial charge in [0, 0.05) is 56.7 Å². The van der Waals surface area contributed by atoms with Crippen molar-refractivity contribution in [1.29, 1.82) is 0 Å². The van der Waals surface area contributed by atoms with Gasteiger partial charge in [-0.2, -0.15) is 0 Å². The quantitative estimate of drug-likeness (QED) is 0.713. The molecule has 5 rings (SSSR count). The van der Waals surface area contributed by atoms with Gasteiger partial charge < -0.3 is 14.9 Å². The third-order valence-corrected chi connectivity index (χ3v) is 7.08. The van der Waals surface area contributed by atoms with Crippen molar-refractivity contribution in [1.82, 2.24) is 9.80 Å². The molecule has 3 fully saturated rings.